The van der Waals surface area contributed by atoms with E-state index in [4.69, 9.17) is 4.74 Å². The average Bonchev–Trinajstić information content (AvgIpc) is 3.76. The van der Waals surface area contributed by atoms with Gasteiger partial charge in [-0.15, -0.1) is 4.68 Å². The van der Waals surface area contributed by atoms with Crippen LogP contribution in [0.3, 0.4) is 0 Å². The van der Waals surface area contributed by atoms with Crippen molar-refractivity contribution >= 4 is 28.5 Å². The third-order valence-corrected chi connectivity index (χ3v) is 6.80. The number of ketones is 1. The van der Waals surface area contributed by atoms with Gasteiger partial charge in [-0.25, -0.2) is 4.98 Å². The summed E-state index contributed by atoms with van der Waals surface area (Å²) in [7, 11) is 1.44. The topological polar surface area (TPSA) is 193 Å². The van der Waals surface area contributed by atoms with Crippen molar-refractivity contribution in [2.75, 3.05) is 38.2 Å². The van der Waals surface area contributed by atoms with Gasteiger partial charge in [-0.3, -0.25) is 19.6 Å². The molecule has 0 spiro atoms. The molecule has 0 saturated carbocycles. The number of aromatic nitrogens is 8. The van der Waals surface area contributed by atoms with Gasteiger partial charge in [0.15, 0.2) is 6.29 Å². The molecule has 0 radical (unpaired) electrons. The minimum Gasteiger partial charge on any atom is -0.494 e. The van der Waals surface area contributed by atoms with E-state index in [1.54, 1.807) is 4.68 Å². The van der Waals surface area contributed by atoms with Crippen molar-refractivity contribution in [3.05, 3.63) is 60.0 Å². The molecule has 1 aromatic carbocycles. The number of aliphatic hydroxyl groups is 2. The second-order valence-corrected chi connectivity index (χ2v) is 9.09. The second-order valence-electron chi connectivity index (χ2n) is 9.09. The smallest absolute Gasteiger partial charge is 0.407 e. The normalized spacial score (nSPS) is 13.8. The molecule has 1 aliphatic rings. The van der Waals surface area contributed by atoms with E-state index in [1.807, 2.05) is 35.2 Å². The molecule has 5 N–H and O–H groups in total. The van der Waals surface area contributed by atoms with Gasteiger partial charge in [0.2, 0.25) is 0 Å². The molecule has 5 aromatic rings. The highest BCUT2D eigenvalue weighted by atomic mass is 16.5. The molecule has 40 heavy (non-hydrogen) atoms. The van der Waals surface area contributed by atoms with Crippen molar-refractivity contribution in [1.82, 2.24) is 40.6 Å². The SMILES string of the molecule is COc1cnc(-c2cc(C(O)O)[nH]n2)c2[nH]cc(C(=O)C(=O)N3CCN(c4nn[nH][n+]4-c4ccccc4)CC3)c12. The quantitative estimate of drug-likeness (QED) is 0.0796. The second kappa shape index (κ2) is 10.2. The molecule has 4 aromatic heterocycles. The zero-order valence-corrected chi connectivity index (χ0v) is 21.3. The molecule has 1 aliphatic heterocycles. The Hall–Kier alpha value is -5.15. The molecule has 1 amide bonds. The van der Waals surface area contributed by atoms with Crippen LogP contribution in [0.4, 0.5) is 5.95 Å². The van der Waals surface area contributed by atoms with Crippen molar-refractivity contribution in [2.45, 2.75) is 6.29 Å². The first-order valence-electron chi connectivity index (χ1n) is 12.4. The Morgan fingerprint density at radius 2 is 1.90 bits per heavy atom. The molecular weight excluding hydrogens is 520 g/mol. The van der Waals surface area contributed by atoms with Crippen LogP contribution < -0.4 is 14.3 Å². The van der Waals surface area contributed by atoms with Gasteiger partial charge in [0.25, 0.3) is 11.7 Å². The maximum absolute atomic E-state index is 13.5. The van der Waals surface area contributed by atoms with Gasteiger partial charge < -0.3 is 24.8 Å². The van der Waals surface area contributed by atoms with Gasteiger partial charge in [-0.05, 0) is 18.2 Å². The molecule has 6 rings (SSSR count). The highest BCUT2D eigenvalue weighted by Gasteiger charge is 2.34. The number of nitrogens with one attached hydrogen (secondary N) is 3. The molecule has 0 atom stereocenters. The molecule has 15 heteroatoms. The summed E-state index contributed by atoms with van der Waals surface area (Å²) in [6.45, 7) is 1.56. The first-order valence-corrected chi connectivity index (χ1v) is 12.4. The van der Waals surface area contributed by atoms with Crippen LogP contribution in [-0.4, -0.2) is 95.8 Å². The number of anilines is 1. The number of aromatic amines is 3. The van der Waals surface area contributed by atoms with E-state index in [0.29, 0.717) is 60.2 Å². The Bertz CT molecular complexity index is 1680. The summed E-state index contributed by atoms with van der Waals surface area (Å²) in [5, 5.41) is 36.8. The lowest BCUT2D eigenvalue weighted by Gasteiger charge is -2.31. The standard InChI is InChI=1S/C25H24N10O5/c1-40-18-13-27-20(16-11-17(24(38)39)29-28-16)21-19(18)15(12-26-21)22(36)23(37)33-7-9-34(10-8-33)25-30-31-32-35(25)14-5-3-2-4-6-14/h2-6,11-13,24,38-39H,7-10H2,1H3,(H2,26,27,28,29,31,32,36,37)/p+1. The van der Waals surface area contributed by atoms with Crippen molar-refractivity contribution in [2.24, 2.45) is 0 Å². The van der Waals surface area contributed by atoms with Crippen LogP contribution in [0.25, 0.3) is 28.0 Å². The van der Waals surface area contributed by atoms with Gasteiger partial charge in [0.05, 0.1) is 53.7 Å². The van der Waals surface area contributed by atoms with Gasteiger partial charge >= 0.3 is 5.95 Å². The van der Waals surface area contributed by atoms with Crippen molar-refractivity contribution in [3.8, 4) is 22.8 Å². The van der Waals surface area contributed by atoms with Gasteiger partial charge in [-0.2, -0.15) is 5.10 Å². The first kappa shape index (κ1) is 25.1. The molecule has 204 valence electrons. The van der Waals surface area contributed by atoms with Crippen molar-refractivity contribution in [1.29, 1.82) is 0 Å². The number of ether oxygens (including phenoxy) is 1. The number of methoxy groups -OCH3 is 1. The third-order valence-electron chi connectivity index (χ3n) is 6.80. The molecule has 0 bridgehead atoms. The average molecular weight is 546 g/mol. The van der Waals surface area contributed by atoms with E-state index in [2.05, 4.69) is 35.7 Å². The summed E-state index contributed by atoms with van der Waals surface area (Å²) in [5.41, 5.74) is 2.18. The van der Waals surface area contributed by atoms with E-state index in [9.17, 15) is 19.8 Å². The van der Waals surface area contributed by atoms with E-state index in [1.165, 1.54) is 30.5 Å². The minimum atomic E-state index is -1.73. The Balaban J connectivity index is 1.22. The zero-order chi connectivity index (χ0) is 27.8. The van der Waals surface area contributed by atoms with Crippen LogP contribution in [0.2, 0.25) is 0 Å². The van der Waals surface area contributed by atoms with Crippen LogP contribution in [0.5, 0.6) is 5.75 Å². The summed E-state index contributed by atoms with van der Waals surface area (Å²) in [6, 6.07) is 11.0. The monoisotopic (exact) mass is 545 g/mol. The Kier molecular flexibility index (Phi) is 6.41. The Morgan fingerprint density at radius 3 is 2.60 bits per heavy atom. The molecule has 15 nitrogen and oxygen atoms in total. The number of pyridine rings is 1. The zero-order valence-electron chi connectivity index (χ0n) is 21.3. The van der Waals surface area contributed by atoms with Gasteiger partial charge in [0.1, 0.15) is 28.0 Å². The molecule has 0 unspecified atom stereocenters. The number of para-hydroxylation sites is 1. The number of hydrogen-bond acceptors (Lipinski definition) is 10. The Labute approximate surface area is 226 Å². The summed E-state index contributed by atoms with van der Waals surface area (Å²) in [6.07, 6.45) is 1.14. The number of piperazine rings is 1. The number of aliphatic hydroxyl groups excluding tert-OH is 1. The predicted molar refractivity (Wildman–Crippen MR) is 138 cm³/mol. The van der Waals surface area contributed by atoms with Crippen LogP contribution in [-0.2, 0) is 4.79 Å². The highest BCUT2D eigenvalue weighted by Crippen LogP contribution is 2.34. The summed E-state index contributed by atoms with van der Waals surface area (Å²) < 4.78 is 7.21. The third kappa shape index (κ3) is 4.32. The van der Waals surface area contributed by atoms with E-state index in [-0.39, 0.29) is 11.3 Å². The number of benzene rings is 1. The van der Waals surface area contributed by atoms with Gasteiger partial charge in [-0.1, -0.05) is 23.4 Å². The van der Waals surface area contributed by atoms with Crippen LogP contribution in [0, 0.1) is 0 Å². The van der Waals surface area contributed by atoms with E-state index in [0.717, 1.165) is 5.69 Å². The number of rotatable bonds is 7. The summed E-state index contributed by atoms with van der Waals surface area (Å²) >= 11 is 0. The number of fused-ring (bicyclic) bond motifs is 1. The van der Waals surface area contributed by atoms with Crippen LogP contribution in [0.15, 0.2) is 48.8 Å². The minimum absolute atomic E-state index is 0.0813. The maximum atomic E-state index is 13.5. The number of nitrogens with zero attached hydrogens (tertiary/aromatic N) is 7. The Morgan fingerprint density at radius 1 is 1.12 bits per heavy atom. The highest BCUT2D eigenvalue weighted by molar-refractivity contribution is 6.45. The lowest BCUT2D eigenvalue weighted by atomic mass is 10.1. The number of amides is 1. The number of Topliss-reactive ketones (excluding diaryl/α,β-unsaturated/α-hetero) is 1. The van der Waals surface area contributed by atoms with Gasteiger partial charge in [0, 0.05) is 19.3 Å². The number of carbonyl (C=O) groups excluding carboxylic acids is 2. The number of H-pyrrole nitrogens is 3. The molecule has 0 aliphatic carbocycles. The molecule has 1 fully saturated rings. The first-order chi connectivity index (χ1) is 19.5. The summed E-state index contributed by atoms with van der Waals surface area (Å²) in [5.74, 6) is -0.413. The summed E-state index contributed by atoms with van der Waals surface area (Å²) in [4.78, 5) is 37.7. The fraction of sp³-hybridized carbons (Fsp3) is 0.240. The molecular formula is C25H25N10O5+. The van der Waals surface area contributed by atoms with Crippen molar-refractivity contribution < 1.29 is 29.2 Å². The lowest BCUT2D eigenvalue weighted by Crippen LogP contribution is -2.53. The van der Waals surface area contributed by atoms with Crippen LogP contribution in [0.1, 0.15) is 22.3 Å². The fourth-order valence-corrected chi connectivity index (χ4v) is 4.76. The lowest BCUT2D eigenvalue weighted by molar-refractivity contribution is -0.648. The number of tetrazole rings is 1. The van der Waals surface area contributed by atoms with E-state index >= 15 is 0 Å². The predicted octanol–water partition coefficient (Wildman–Crippen LogP) is -0.129. The number of carbonyl (C=O) groups is 2. The number of hydrogen-bond donors (Lipinski definition) is 5. The van der Waals surface area contributed by atoms with Crippen molar-refractivity contribution in [3.63, 3.8) is 0 Å². The molecule has 5 heterocycles. The fourth-order valence-electron chi connectivity index (χ4n) is 4.76. The van der Waals surface area contributed by atoms with Crippen LogP contribution >= 0.6 is 0 Å². The largest absolute Gasteiger partial charge is 0.494 e. The maximum Gasteiger partial charge on any atom is 0.407 e. The molecule has 1 saturated heterocycles. The van der Waals surface area contributed by atoms with E-state index < -0.39 is 18.0 Å².